The highest BCUT2D eigenvalue weighted by atomic mass is 79.9. The molecule has 2 heterocycles. The Hall–Kier alpha value is 0.120. The lowest BCUT2D eigenvalue weighted by atomic mass is 10.2. The first-order valence-electron chi connectivity index (χ1n) is 4.31. The molecule has 0 bridgehead atoms. The SMILES string of the molecule is Cn1ncc(Br)c1C(O)c1cc(Br)c(Cl)s1. The fourth-order valence-corrected chi connectivity index (χ4v) is 3.65. The summed E-state index contributed by atoms with van der Waals surface area (Å²) in [6.45, 7) is 0. The van der Waals surface area contributed by atoms with Gasteiger partial charge in [0, 0.05) is 16.4 Å². The van der Waals surface area contributed by atoms with Gasteiger partial charge in [0.05, 0.1) is 16.4 Å². The van der Waals surface area contributed by atoms with Gasteiger partial charge in [-0.1, -0.05) is 11.6 Å². The molecular weight excluding hydrogens is 379 g/mol. The van der Waals surface area contributed by atoms with Crippen molar-refractivity contribution in [3.05, 3.63) is 36.1 Å². The Morgan fingerprint density at radius 2 is 2.19 bits per heavy atom. The Balaban J connectivity index is 2.42. The van der Waals surface area contributed by atoms with Crippen LogP contribution in [0.25, 0.3) is 0 Å². The van der Waals surface area contributed by atoms with Gasteiger partial charge in [-0.2, -0.15) is 5.10 Å². The molecule has 2 rings (SSSR count). The second kappa shape index (κ2) is 4.78. The van der Waals surface area contributed by atoms with Crippen molar-refractivity contribution in [3.8, 4) is 0 Å². The minimum atomic E-state index is -0.726. The Morgan fingerprint density at radius 1 is 1.50 bits per heavy atom. The smallest absolute Gasteiger partial charge is 0.131 e. The van der Waals surface area contributed by atoms with E-state index in [4.69, 9.17) is 11.6 Å². The Morgan fingerprint density at radius 3 is 2.62 bits per heavy atom. The molecule has 0 aliphatic heterocycles. The maximum Gasteiger partial charge on any atom is 0.131 e. The van der Waals surface area contributed by atoms with E-state index in [9.17, 15) is 5.11 Å². The van der Waals surface area contributed by atoms with E-state index in [0.717, 1.165) is 13.8 Å². The quantitative estimate of drug-likeness (QED) is 0.854. The van der Waals surface area contributed by atoms with Crippen LogP contribution < -0.4 is 0 Å². The van der Waals surface area contributed by atoms with Gasteiger partial charge in [-0.15, -0.1) is 11.3 Å². The summed E-state index contributed by atoms with van der Waals surface area (Å²) < 4.78 is 3.85. The highest BCUT2D eigenvalue weighted by molar-refractivity contribution is 9.10. The molecule has 7 heteroatoms. The van der Waals surface area contributed by atoms with Crippen LogP contribution in [0.5, 0.6) is 0 Å². The Labute approximate surface area is 118 Å². The first-order chi connectivity index (χ1) is 7.50. The second-order valence-corrected chi connectivity index (χ2v) is 6.57. The zero-order chi connectivity index (χ0) is 11.9. The minimum absolute atomic E-state index is 0.632. The number of aromatic nitrogens is 2. The van der Waals surface area contributed by atoms with Gasteiger partial charge in [-0.25, -0.2) is 0 Å². The number of aliphatic hydroxyl groups excluding tert-OH is 1. The Kier molecular flexibility index (Phi) is 3.75. The number of rotatable bonds is 2. The summed E-state index contributed by atoms with van der Waals surface area (Å²) in [5, 5.41) is 14.3. The number of hydrogen-bond acceptors (Lipinski definition) is 3. The summed E-state index contributed by atoms with van der Waals surface area (Å²) in [6.07, 6.45) is 0.929. The van der Waals surface area contributed by atoms with Crippen molar-refractivity contribution in [2.75, 3.05) is 0 Å². The van der Waals surface area contributed by atoms with Crippen LogP contribution in [0.2, 0.25) is 4.34 Å². The van der Waals surface area contributed by atoms with Crippen LogP contribution in [-0.4, -0.2) is 14.9 Å². The number of nitrogens with zero attached hydrogens (tertiary/aromatic N) is 2. The maximum absolute atomic E-state index is 10.2. The molecule has 1 unspecified atom stereocenters. The third-order valence-electron chi connectivity index (χ3n) is 2.13. The van der Waals surface area contributed by atoms with Crippen LogP contribution >= 0.6 is 54.8 Å². The molecule has 86 valence electrons. The lowest BCUT2D eigenvalue weighted by Crippen LogP contribution is -2.05. The van der Waals surface area contributed by atoms with Crippen LogP contribution in [-0.2, 0) is 7.05 Å². The first kappa shape index (κ1) is 12.6. The molecule has 0 spiro atoms. The van der Waals surface area contributed by atoms with Gasteiger partial charge in [0.25, 0.3) is 0 Å². The van der Waals surface area contributed by atoms with E-state index in [0.29, 0.717) is 10.0 Å². The fraction of sp³-hybridized carbons (Fsp3) is 0.222. The van der Waals surface area contributed by atoms with E-state index in [1.54, 1.807) is 17.9 Å². The number of halogens is 3. The summed E-state index contributed by atoms with van der Waals surface area (Å²) in [7, 11) is 1.79. The van der Waals surface area contributed by atoms with Gasteiger partial charge in [-0.05, 0) is 37.9 Å². The summed E-state index contributed by atoms with van der Waals surface area (Å²) >= 11 is 14.0. The van der Waals surface area contributed by atoms with E-state index < -0.39 is 6.10 Å². The standard InChI is InChI=1S/C9H7Br2ClN2OS/c1-14-7(5(11)3-13-14)8(15)6-2-4(10)9(12)16-6/h2-3,8,15H,1H3. The molecule has 2 aromatic rings. The summed E-state index contributed by atoms with van der Waals surface area (Å²) in [6, 6.07) is 1.82. The fourth-order valence-electron chi connectivity index (χ4n) is 1.36. The molecule has 0 fully saturated rings. The van der Waals surface area contributed by atoms with Crippen molar-refractivity contribution in [3.63, 3.8) is 0 Å². The number of aryl methyl sites for hydroxylation is 1. The zero-order valence-corrected chi connectivity index (χ0v) is 12.9. The van der Waals surface area contributed by atoms with Crippen molar-refractivity contribution in [1.82, 2.24) is 9.78 Å². The summed E-state index contributed by atoms with van der Waals surface area (Å²) in [5.41, 5.74) is 0.713. The molecule has 1 atom stereocenters. The highest BCUT2D eigenvalue weighted by Crippen LogP contribution is 2.38. The minimum Gasteiger partial charge on any atom is -0.381 e. The monoisotopic (exact) mass is 384 g/mol. The van der Waals surface area contributed by atoms with E-state index in [2.05, 4.69) is 37.0 Å². The van der Waals surface area contributed by atoms with E-state index >= 15 is 0 Å². The van der Waals surface area contributed by atoms with Crippen LogP contribution in [0.3, 0.4) is 0 Å². The summed E-state index contributed by atoms with van der Waals surface area (Å²) in [4.78, 5) is 0.779. The van der Waals surface area contributed by atoms with Crippen LogP contribution in [0.4, 0.5) is 0 Å². The molecule has 16 heavy (non-hydrogen) atoms. The van der Waals surface area contributed by atoms with E-state index in [1.807, 2.05) is 6.07 Å². The first-order valence-corrected chi connectivity index (χ1v) is 7.09. The predicted molar refractivity (Wildman–Crippen MR) is 72.0 cm³/mol. The normalized spacial score (nSPS) is 13.1. The molecule has 0 saturated carbocycles. The lowest BCUT2D eigenvalue weighted by molar-refractivity contribution is 0.212. The van der Waals surface area contributed by atoms with Gasteiger partial charge in [0.2, 0.25) is 0 Å². The van der Waals surface area contributed by atoms with Crippen LogP contribution in [0.15, 0.2) is 21.2 Å². The van der Waals surface area contributed by atoms with Gasteiger partial charge in [-0.3, -0.25) is 4.68 Å². The Bertz CT molecular complexity index is 487. The van der Waals surface area contributed by atoms with Gasteiger partial charge >= 0.3 is 0 Å². The van der Waals surface area contributed by atoms with Crippen molar-refractivity contribution in [2.24, 2.45) is 7.05 Å². The van der Waals surface area contributed by atoms with Gasteiger partial charge < -0.3 is 5.11 Å². The van der Waals surface area contributed by atoms with Crippen molar-refractivity contribution < 1.29 is 5.11 Å². The molecule has 1 N–H and O–H groups in total. The predicted octanol–water partition coefficient (Wildman–Crippen LogP) is 3.74. The second-order valence-electron chi connectivity index (χ2n) is 3.17. The maximum atomic E-state index is 10.2. The van der Waals surface area contributed by atoms with Crippen LogP contribution in [0, 0.1) is 0 Å². The molecular formula is C9H7Br2ClN2OS. The molecule has 0 aliphatic carbocycles. The lowest BCUT2D eigenvalue weighted by Gasteiger charge is -2.09. The average Bonchev–Trinajstić information content (AvgIpc) is 2.72. The van der Waals surface area contributed by atoms with E-state index in [1.165, 1.54) is 11.3 Å². The van der Waals surface area contributed by atoms with Crippen molar-refractivity contribution in [2.45, 2.75) is 6.10 Å². The molecule has 3 nitrogen and oxygen atoms in total. The largest absolute Gasteiger partial charge is 0.381 e. The molecule has 0 saturated heterocycles. The van der Waals surface area contributed by atoms with Crippen molar-refractivity contribution >= 4 is 54.8 Å². The molecule has 0 amide bonds. The van der Waals surface area contributed by atoms with Gasteiger partial charge in [0.1, 0.15) is 10.4 Å². The average molecular weight is 386 g/mol. The van der Waals surface area contributed by atoms with Crippen LogP contribution in [0.1, 0.15) is 16.7 Å². The molecule has 2 aromatic heterocycles. The topological polar surface area (TPSA) is 38.0 Å². The van der Waals surface area contributed by atoms with E-state index in [-0.39, 0.29) is 0 Å². The number of hydrogen-bond donors (Lipinski definition) is 1. The van der Waals surface area contributed by atoms with Crippen molar-refractivity contribution in [1.29, 1.82) is 0 Å². The highest BCUT2D eigenvalue weighted by Gasteiger charge is 2.21. The third-order valence-corrected chi connectivity index (χ3v) is 5.27. The van der Waals surface area contributed by atoms with Gasteiger partial charge in [0.15, 0.2) is 0 Å². The molecule has 0 aromatic carbocycles. The molecule has 0 radical (unpaired) electrons. The number of thiophene rings is 1. The zero-order valence-electron chi connectivity index (χ0n) is 8.12. The third kappa shape index (κ3) is 2.22. The summed E-state index contributed by atoms with van der Waals surface area (Å²) in [5.74, 6) is 0. The number of aliphatic hydroxyl groups is 1. The molecule has 0 aliphatic rings.